The molecule has 1 amide bonds. The summed E-state index contributed by atoms with van der Waals surface area (Å²) in [6.45, 7) is 4.68. The molecule has 1 aliphatic rings. The van der Waals surface area contributed by atoms with Crippen molar-refractivity contribution >= 4 is 11.9 Å². The van der Waals surface area contributed by atoms with Gasteiger partial charge in [-0.2, -0.15) is 0 Å². The molecule has 30 heavy (non-hydrogen) atoms. The molecule has 2 heterocycles. The van der Waals surface area contributed by atoms with Crippen molar-refractivity contribution in [1.82, 2.24) is 10.5 Å². The Hall–Kier alpha value is -3.07. The van der Waals surface area contributed by atoms with E-state index in [9.17, 15) is 9.59 Å². The maximum atomic E-state index is 12.3. The number of esters is 1. The number of carbonyl (C=O) groups is 2. The first kappa shape index (κ1) is 21.6. The van der Waals surface area contributed by atoms with E-state index in [0.717, 1.165) is 30.7 Å². The molecule has 1 N–H and O–H groups in total. The highest BCUT2D eigenvalue weighted by molar-refractivity contribution is 5.92. The normalized spacial score (nSPS) is 15.6. The zero-order chi connectivity index (χ0) is 21.5. The quantitative estimate of drug-likeness (QED) is 0.618. The second-order valence-electron chi connectivity index (χ2n) is 6.97. The van der Waals surface area contributed by atoms with E-state index in [1.807, 2.05) is 13.8 Å². The van der Waals surface area contributed by atoms with Crippen LogP contribution in [0, 0.1) is 13.8 Å². The fourth-order valence-electron chi connectivity index (χ4n) is 3.07. The van der Waals surface area contributed by atoms with Crippen LogP contribution in [0.3, 0.4) is 0 Å². The first-order chi connectivity index (χ1) is 14.5. The van der Waals surface area contributed by atoms with Crippen LogP contribution in [0.15, 0.2) is 22.7 Å². The predicted molar refractivity (Wildman–Crippen MR) is 106 cm³/mol. The lowest BCUT2D eigenvalue weighted by Crippen LogP contribution is -2.34. The van der Waals surface area contributed by atoms with Crippen LogP contribution >= 0.6 is 0 Å². The number of aryl methyl sites for hydroxylation is 2. The zero-order valence-electron chi connectivity index (χ0n) is 17.4. The Morgan fingerprint density at radius 3 is 2.77 bits per heavy atom. The number of nitrogens with zero attached hydrogens (tertiary/aromatic N) is 1. The van der Waals surface area contributed by atoms with Crippen LogP contribution in [0.5, 0.6) is 11.5 Å². The summed E-state index contributed by atoms with van der Waals surface area (Å²) in [5.41, 5.74) is 1.86. The van der Waals surface area contributed by atoms with Gasteiger partial charge in [-0.15, -0.1) is 0 Å². The summed E-state index contributed by atoms with van der Waals surface area (Å²) in [7, 11) is 1.48. The van der Waals surface area contributed by atoms with Gasteiger partial charge >= 0.3 is 5.97 Å². The maximum Gasteiger partial charge on any atom is 0.338 e. The molecule has 1 atom stereocenters. The van der Waals surface area contributed by atoms with Gasteiger partial charge in [0.05, 0.1) is 30.0 Å². The SMILES string of the molecule is COc1cc(C(=O)OCC(=O)NC[C@H]2CCCO2)ccc1OCc1c(C)noc1C. The van der Waals surface area contributed by atoms with E-state index in [0.29, 0.717) is 23.8 Å². The summed E-state index contributed by atoms with van der Waals surface area (Å²) in [6, 6.07) is 4.68. The molecule has 0 bridgehead atoms. The van der Waals surface area contributed by atoms with Crippen LogP contribution in [-0.2, 0) is 20.9 Å². The fraction of sp³-hybridized carbons (Fsp3) is 0.476. The Balaban J connectivity index is 1.52. The van der Waals surface area contributed by atoms with Gasteiger partial charge in [0.1, 0.15) is 12.4 Å². The van der Waals surface area contributed by atoms with Crippen LogP contribution in [0.2, 0.25) is 0 Å². The maximum absolute atomic E-state index is 12.3. The monoisotopic (exact) mass is 418 g/mol. The number of hydrogen-bond acceptors (Lipinski definition) is 8. The van der Waals surface area contributed by atoms with E-state index < -0.39 is 5.97 Å². The van der Waals surface area contributed by atoms with Crippen molar-refractivity contribution in [3.63, 3.8) is 0 Å². The van der Waals surface area contributed by atoms with Crippen molar-refractivity contribution in [2.24, 2.45) is 0 Å². The highest BCUT2D eigenvalue weighted by Crippen LogP contribution is 2.29. The van der Waals surface area contributed by atoms with Gasteiger partial charge in [-0.05, 0) is 44.9 Å². The number of methoxy groups -OCH3 is 1. The summed E-state index contributed by atoms with van der Waals surface area (Å²) in [6.07, 6.45) is 1.95. The molecule has 0 saturated carbocycles. The van der Waals surface area contributed by atoms with Crippen molar-refractivity contribution < 1.29 is 33.1 Å². The molecule has 3 rings (SSSR count). The number of rotatable bonds is 9. The minimum absolute atomic E-state index is 0.0341. The number of aromatic nitrogens is 1. The van der Waals surface area contributed by atoms with Crippen molar-refractivity contribution in [1.29, 1.82) is 0 Å². The summed E-state index contributed by atoms with van der Waals surface area (Å²) < 4.78 is 26.8. The topological polar surface area (TPSA) is 109 Å². The lowest BCUT2D eigenvalue weighted by atomic mass is 10.2. The molecule has 1 saturated heterocycles. The number of carbonyl (C=O) groups excluding carboxylic acids is 2. The molecular formula is C21H26N2O7. The molecule has 9 nitrogen and oxygen atoms in total. The van der Waals surface area contributed by atoms with Crippen LogP contribution in [0.1, 0.15) is 40.2 Å². The van der Waals surface area contributed by atoms with Gasteiger partial charge in [0.15, 0.2) is 18.1 Å². The summed E-state index contributed by atoms with van der Waals surface area (Å²) in [5.74, 6) is 0.523. The molecule has 1 aromatic carbocycles. The van der Waals surface area contributed by atoms with Crippen molar-refractivity contribution in [3.8, 4) is 11.5 Å². The van der Waals surface area contributed by atoms with Crippen molar-refractivity contribution in [2.45, 2.75) is 39.4 Å². The van der Waals surface area contributed by atoms with E-state index in [-0.39, 0.29) is 30.8 Å². The average molecular weight is 418 g/mol. The van der Waals surface area contributed by atoms with E-state index in [4.69, 9.17) is 23.5 Å². The molecule has 0 radical (unpaired) electrons. The standard InChI is InChI=1S/C21H26N2O7/c1-13-17(14(2)30-23-13)11-28-18-7-6-15(9-19(18)26-3)21(25)29-12-20(24)22-10-16-5-4-8-27-16/h6-7,9,16H,4-5,8,10-12H2,1-3H3,(H,22,24)/t16-/m1/s1. The molecular weight excluding hydrogens is 392 g/mol. The Morgan fingerprint density at radius 2 is 2.10 bits per heavy atom. The summed E-state index contributed by atoms with van der Waals surface area (Å²) in [4.78, 5) is 24.1. The molecule has 2 aromatic rings. The van der Waals surface area contributed by atoms with Gasteiger partial charge in [-0.3, -0.25) is 4.79 Å². The van der Waals surface area contributed by atoms with Gasteiger partial charge in [-0.25, -0.2) is 4.79 Å². The molecule has 1 aromatic heterocycles. The Kier molecular flexibility index (Phi) is 7.29. The minimum atomic E-state index is -0.627. The predicted octanol–water partition coefficient (Wildman–Crippen LogP) is 2.33. The van der Waals surface area contributed by atoms with Crippen LogP contribution in [0.4, 0.5) is 0 Å². The molecule has 9 heteroatoms. The zero-order valence-corrected chi connectivity index (χ0v) is 17.4. The average Bonchev–Trinajstić information content (AvgIpc) is 3.38. The molecule has 0 aliphatic carbocycles. The molecule has 1 aliphatic heterocycles. The number of amides is 1. The van der Waals surface area contributed by atoms with Crippen LogP contribution < -0.4 is 14.8 Å². The number of nitrogens with one attached hydrogen (secondary N) is 1. The van der Waals surface area contributed by atoms with Crippen LogP contribution in [0.25, 0.3) is 0 Å². The second kappa shape index (κ2) is 10.1. The lowest BCUT2D eigenvalue weighted by molar-refractivity contribution is -0.124. The fourth-order valence-corrected chi connectivity index (χ4v) is 3.07. The van der Waals surface area contributed by atoms with E-state index >= 15 is 0 Å². The van der Waals surface area contributed by atoms with E-state index in [1.165, 1.54) is 13.2 Å². The van der Waals surface area contributed by atoms with Crippen molar-refractivity contribution in [2.75, 3.05) is 26.9 Å². The molecule has 0 unspecified atom stereocenters. The van der Waals surface area contributed by atoms with Crippen LogP contribution in [-0.4, -0.2) is 50.0 Å². The lowest BCUT2D eigenvalue weighted by Gasteiger charge is -2.13. The summed E-state index contributed by atoms with van der Waals surface area (Å²) in [5, 5.41) is 6.59. The highest BCUT2D eigenvalue weighted by atomic mass is 16.5. The molecule has 162 valence electrons. The highest BCUT2D eigenvalue weighted by Gasteiger charge is 2.18. The van der Waals surface area contributed by atoms with Crippen molar-refractivity contribution in [3.05, 3.63) is 40.8 Å². The van der Waals surface area contributed by atoms with Gasteiger partial charge in [0.2, 0.25) is 0 Å². The van der Waals surface area contributed by atoms with Gasteiger partial charge in [-0.1, -0.05) is 5.16 Å². The van der Waals surface area contributed by atoms with E-state index in [1.54, 1.807) is 12.1 Å². The largest absolute Gasteiger partial charge is 0.493 e. The van der Waals surface area contributed by atoms with Gasteiger partial charge in [0, 0.05) is 13.2 Å². The molecule has 1 fully saturated rings. The van der Waals surface area contributed by atoms with Gasteiger partial charge < -0.3 is 28.8 Å². The van der Waals surface area contributed by atoms with E-state index in [2.05, 4.69) is 10.5 Å². The summed E-state index contributed by atoms with van der Waals surface area (Å²) >= 11 is 0. The Morgan fingerprint density at radius 1 is 1.27 bits per heavy atom. The Bertz CT molecular complexity index is 868. The smallest absolute Gasteiger partial charge is 0.338 e. The number of benzene rings is 1. The molecule has 0 spiro atoms. The first-order valence-electron chi connectivity index (χ1n) is 9.76. The third kappa shape index (κ3) is 5.50. The first-order valence-corrected chi connectivity index (χ1v) is 9.76. The van der Waals surface area contributed by atoms with Gasteiger partial charge in [0.25, 0.3) is 5.91 Å². The number of hydrogen-bond donors (Lipinski definition) is 1. The number of ether oxygens (including phenoxy) is 4. The Labute approximate surface area is 174 Å². The second-order valence-corrected chi connectivity index (χ2v) is 6.97. The minimum Gasteiger partial charge on any atom is -0.493 e. The third-order valence-corrected chi connectivity index (χ3v) is 4.84. The third-order valence-electron chi connectivity index (χ3n) is 4.84.